The third-order valence-corrected chi connectivity index (χ3v) is 5.15. The molecule has 1 N–H and O–H groups in total. The summed E-state index contributed by atoms with van der Waals surface area (Å²) in [7, 11) is 4.59. The smallest absolute Gasteiger partial charge is 0.251 e. The van der Waals surface area contributed by atoms with Gasteiger partial charge >= 0.3 is 0 Å². The zero-order chi connectivity index (χ0) is 21.8. The number of carbonyl (C=O) groups is 3. The fourth-order valence-electron chi connectivity index (χ4n) is 3.27. The van der Waals surface area contributed by atoms with Gasteiger partial charge in [0.25, 0.3) is 5.91 Å². The third kappa shape index (κ3) is 4.39. The predicted octanol–water partition coefficient (Wildman–Crippen LogP) is 2.56. The van der Waals surface area contributed by atoms with Crippen LogP contribution in [0.4, 0.5) is 11.4 Å². The van der Waals surface area contributed by atoms with Gasteiger partial charge in [0.15, 0.2) is 0 Å². The Hall–Kier alpha value is -3.10. The summed E-state index contributed by atoms with van der Waals surface area (Å²) in [4.78, 5) is 40.6. The summed E-state index contributed by atoms with van der Waals surface area (Å²) in [6.45, 7) is -0.0809. The van der Waals surface area contributed by atoms with Gasteiger partial charge in [-0.15, -0.1) is 0 Å². The zero-order valence-electron chi connectivity index (χ0n) is 16.8. The molecule has 1 unspecified atom stereocenters. The Bertz CT molecular complexity index is 981. The maximum absolute atomic E-state index is 13.0. The van der Waals surface area contributed by atoms with Crippen LogP contribution in [-0.2, 0) is 14.4 Å². The molecule has 1 heterocycles. The fraction of sp³-hybridized carbons (Fsp3) is 0.286. The number of methoxy groups -OCH3 is 2. The van der Waals surface area contributed by atoms with Gasteiger partial charge in [-0.3, -0.25) is 19.3 Å². The van der Waals surface area contributed by atoms with Crippen molar-refractivity contribution < 1.29 is 23.9 Å². The van der Waals surface area contributed by atoms with E-state index in [0.29, 0.717) is 27.9 Å². The van der Waals surface area contributed by atoms with Crippen LogP contribution in [0.3, 0.4) is 0 Å². The number of carbonyl (C=O) groups excluding carboxylic acids is 3. The molecule has 0 saturated carbocycles. The van der Waals surface area contributed by atoms with Crippen molar-refractivity contribution in [3.05, 3.63) is 47.5 Å². The van der Waals surface area contributed by atoms with Crippen LogP contribution in [0.25, 0.3) is 0 Å². The normalized spacial score (nSPS) is 16.2. The Morgan fingerprint density at radius 1 is 1.20 bits per heavy atom. The van der Waals surface area contributed by atoms with E-state index in [1.54, 1.807) is 54.4 Å². The molecule has 1 atom stereocenters. The number of amides is 3. The summed E-state index contributed by atoms with van der Waals surface area (Å²) in [5.74, 6) is -0.245. The highest BCUT2D eigenvalue weighted by Crippen LogP contribution is 2.35. The lowest BCUT2D eigenvalue weighted by atomic mass is 10.2. The van der Waals surface area contributed by atoms with Crippen LogP contribution < -0.4 is 19.7 Å². The van der Waals surface area contributed by atoms with Crippen molar-refractivity contribution in [3.63, 3.8) is 0 Å². The molecule has 0 radical (unpaired) electrons. The zero-order valence-corrected chi connectivity index (χ0v) is 17.6. The molecule has 0 aromatic heterocycles. The number of imide groups is 1. The van der Waals surface area contributed by atoms with Crippen LogP contribution in [0.15, 0.2) is 42.5 Å². The van der Waals surface area contributed by atoms with Gasteiger partial charge in [-0.05, 0) is 31.3 Å². The molecule has 158 valence electrons. The Morgan fingerprint density at radius 2 is 1.93 bits per heavy atom. The summed E-state index contributed by atoms with van der Waals surface area (Å²) in [5.41, 5.74) is 0.820. The number of nitrogens with zero attached hydrogens (tertiary/aromatic N) is 2. The highest BCUT2D eigenvalue weighted by Gasteiger charge is 2.43. The molecule has 3 rings (SSSR count). The molecule has 2 aromatic carbocycles. The molecule has 1 fully saturated rings. The number of nitrogens with one attached hydrogen (secondary N) is 1. The largest absolute Gasteiger partial charge is 0.497 e. The molecule has 0 bridgehead atoms. The molecule has 3 amide bonds. The number of hydrogen-bond acceptors (Lipinski definition) is 6. The molecule has 2 aromatic rings. The van der Waals surface area contributed by atoms with Gasteiger partial charge in [0.05, 0.1) is 49.6 Å². The summed E-state index contributed by atoms with van der Waals surface area (Å²) in [5, 5.41) is 3.12. The lowest BCUT2D eigenvalue weighted by molar-refractivity contribution is -0.123. The van der Waals surface area contributed by atoms with Crippen molar-refractivity contribution >= 4 is 40.7 Å². The van der Waals surface area contributed by atoms with Gasteiger partial charge < -0.3 is 14.8 Å². The van der Waals surface area contributed by atoms with E-state index in [2.05, 4.69) is 5.32 Å². The first-order valence-corrected chi connectivity index (χ1v) is 9.57. The minimum Gasteiger partial charge on any atom is -0.497 e. The van der Waals surface area contributed by atoms with E-state index in [-0.39, 0.29) is 24.8 Å². The van der Waals surface area contributed by atoms with Crippen LogP contribution in [-0.4, -0.2) is 56.5 Å². The highest BCUT2D eigenvalue weighted by atomic mass is 35.5. The molecule has 1 saturated heterocycles. The van der Waals surface area contributed by atoms with Crippen LogP contribution >= 0.6 is 11.6 Å². The molecule has 9 heteroatoms. The molecule has 1 aliphatic heterocycles. The van der Waals surface area contributed by atoms with Gasteiger partial charge in [-0.1, -0.05) is 23.7 Å². The maximum Gasteiger partial charge on any atom is 0.251 e. The Kier molecular flexibility index (Phi) is 6.59. The monoisotopic (exact) mass is 431 g/mol. The van der Waals surface area contributed by atoms with Crippen LogP contribution in [0.2, 0.25) is 5.02 Å². The molecule has 30 heavy (non-hydrogen) atoms. The highest BCUT2D eigenvalue weighted by molar-refractivity contribution is 6.33. The van der Waals surface area contributed by atoms with Gasteiger partial charge in [0.1, 0.15) is 11.5 Å². The van der Waals surface area contributed by atoms with Gasteiger partial charge in [-0.25, -0.2) is 4.90 Å². The molecular weight excluding hydrogens is 410 g/mol. The first kappa shape index (κ1) is 21.6. The summed E-state index contributed by atoms with van der Waals surface area (Å²) in [6, 6.07) is 10.9. The lowest BCUT2D eigenvalue weighted by Crippen LogP contribution is -2.43. The number of ether oxygens (including phenoxy) is 2. The predicted molar refractivity (Wildman–Crippen MR) is 113 cm³/mol. The number of hydrogen-bond donors (Lipinski definition) is 1. The molecule has 1 aliphatic rings. The van der Waals surface area contributed by atoms with E-state index in [0.717, 1.165) is 4.90 Å². The van der Waals surface area contributed by atoms with Crippen molar-refractivity contribution in [2.24, 2.45) is 0 Å². The second-order valence-electron chi connectivity index (χ2n) is 6.77. The van der Waals surface area contributed by atoms with Gasteiger partial charge in [0.2, 0.25) is 11.8 Å². The van der Waals surface area contributed by atoms with Crippen LogP contribution in [0, 0.1) is 0 Å². The van der Waals surface area contributed by atoms with Crippen LogP contribution in [0.5, 0.6) is 11.5 Å². The van der Waals surface area contributed by atoms with E-state index >= 15 is 0 Å². The van der Waals surface area contributed by atoms with Gasteiger partial charge in [-0.2, -0.15) is 0 Å². The SMILES string of the molecule is COc1ccc(N2C(=O)CC(N(C)CC(=O)Nc3ccccc3Cl)C2=O)c(OC)c1. The van der Waals surface area contributed by atoms with Crippen molar-refractivity contribution in [1.29, 1.82) is 0 Å². The quantitative estimate of drug-likeness (QED) is 0.678. The first-order chi connectivity index (χ1) is 14.3. The summed E-state index contributed by atoms with van der Waals surface area (Å²) < 4.78 is 10.5. The number of anilines is 2. The van der Waals surface area contributed by atoms with Crippen molar-refractivity contribution in [2.45, 2.75) is 12.5 Å². The summed E-state index contributed by atoms with van der Waals surface area (Å²) >= 11 is 6.06. The lowest BCUT2D eigenvalue weighted by Gasteiger charge is -2.23. The maximum atomic E-state index is 13.0. The molecule has 8 nitrogen and oxygen atoms in total. The molecule has 0 aliphatic carbocycles. The Morgan fingerprint density at radius 3 is 2.60 bits per heavy atom. The minimum atomic E-state index is -0.763. The van der Waals surface area contributed by atoms with Crippen LogP contribution in [0.1, 0.15) is 6.42 Å². The Balaban J connectivity index is 1.72. The van der Waals surface area contributed by atoms with E-state index in [1.165, 1.54) is 14.2 Å². The third-order valence-electron chi connectivity index (χ3n) is 4.82. The number of likely N-dealkylation sites (N-methyl/N-ethyl adjacent to an activating group) is 1. The second kappa shape index (κ2) is 9.15. The van der Waals surface area contributed by atoms with Crippen molar-refractivity contribution in [2.75, 3.05) is 38.0 Å². The van der Waals surface area contributed by atoms with E-state index < -0.39 is 11.9 Å². The topological polar surface area (TPSA) is 88.2 Å². The minimum absolute atomic E-state index is 0.0378. The average molecular weight is 432 g/mol. The second-order valence-corrected chi connectivity index (χ2v) is 7.18. The van der Waals surface area contributed by atoms with Gasteiger partial charge in [0, 0.05) is 6.07 Å². The van der Waals surface area contributed by atoms with E-state index in [1.807, 2.05) is 0 Å². The first-order valence-electron chi connectivity index (χ1n) is 9.19. The number of rotatable bonds is 7. The van der Waals surface area contributed by atoms with E-state index in [4.69, 9.17) is 21.1 Å². The number of halogens is 1. The average Bonchev–Trinajstić information content (AvgIpc) is 3.03. The number of para-hydroxylation sites is 1. The fourth-order valence-corrected chi connectivity index (χ4v) is 3.46. The summed E-state index contributed by atoms with van der Waals surface area (Å²) in [6.07, 6.45) is -0.0378. The van der Waals surface area contributed by atoms with Crippen molar-refractivity contribution in [3.8, 4) is 11.5 Å². The van der Waals surface area contributed by atoms with E-state index in [9.17, 15) is 14.4 Å². The Labute approximate surface area is 179 Å². The number of benzene rings is 2. The van der Waals surface area contributed by atoms with Crippen molar-refractivity contribution in [1.82, 2.24) is 4.90 Å². The molecular formula is C21H22ClN3O5. The standard InChI is InChI=1S/C21H22ClN3O5/c1-24(12-19(26)23-15-7-5-4-6-14(15)22)17-11-20(27)25(21(17)28)16-9-8-13(29-2)10-18(16)30-3/h4-10,17H,11-12H2,1-3H3,(H,23,26). The molecule has 0 spiro atoms.